The first-order chi connectivity index (χ1) is 15.2. The Morgan fingerprint density at radius 3 is 1.84 bits per heavy atom. The molecular weight excluding hydrogens is 382 g/mol. The van der Waals surface area contributed by atoms with Gasteiger partial charge in [-0.3, -0.25) is 0 Å². The van der Waals surface area contributed by atoms with Crippen molar-refractivity contribution in [3.63, 3.8) is 0 Å². The van der Waals surface area contributed by atoms with Gasteiger partial charge in [-0.2, -0.15) is 5.26 Å². The summed E-state index contributed by atoms with van der Waals surface area (Å²) in [5, 5.41) is 9.77. The number of nitriles is 1. The van der Waals surface area contributed by atoms with Gasteiger partial charge < -0.3 is 9.47 Å². The van der Waals surface area contributed by atoms with Gasteiger partial charge in [-0.15, -0.1) is 0 Å². The van der Waals surface area contributed by atoms with E-state index < -0.39 is 0 Å². The van der Waals surface area contributed by atoms with Gasteiger partial charge >= 0.3 is 0 Å². The molecule has 0 unspecified atom stereocenters. The first kappa shape index (κ1) is 26.7. The number of hydrogen-bond acceptors (Lipinski definition) is 3. The molecule has 2 fully saturated rings. The SMILES string of the molecule is CCCCCCC[C@H]1CC[C@H](OCO[C@H]2CC[C@@](C#N)(CCCCCCC)CC2)CC1. The van der Waals surface area contributed by atoms with Crippen molar-refractivity contribution in [3.05, 3.63) is 0 Å². The molecule has 2 aliphatic rings. The van der Waals surface area contributed by atoms with Crippen LogP contribution in [0.1, 0.15) is 142 Å². The Bertz CT molecular complexity index is 470. The minimum atomic E-state index is -0.0815. The third-order valence-corrected chi connectivity index (χ3v) is 8.00. The van der Waals surface area contributed by atoms with Crippen LogP contribution in [0.3, 0.4) is 0 Å². The summed E-state index contributed by atoms with van der Waals surface area (Å²) in [6, 6.07) is 2.68. The van der Waals surface area contributed by atoms with Gasteiger partial charge in [0.05, 0.1) is 23.7 Å². The van der Waals surface area contributed by atoms with E-state index in [1.54, 1.807) is 0 Å². The Morgan fingerprint density at radius 2 is 1.26 bits per heavy atom. The molecule has 2 aliphatic carbocycles. The zero-order chi connectivity index (χ0) is 22.2. The van der Waals surface area contributed by atoms with E-state index in [-0.39, 0.29) is 5.41 Å². The van der Waals surface area contributed by atoms with Gasteiger partial charge in [0.2, 0.25) is 0 Å². The van der Waals surface area contributed by atoms with Gasteiger partial charge in [-0.25, -0.2) is 0 Å². The van der Waals surface area contributed by atoms with Crippen molar-refractivity contribution < 1.29 is 9.47 Å². The average Bonchev–Trinajstić information content (AvgIpc) is 2.81. The highest BCUT2D eigenvalue weighted by molar-refractivity contribution is 5.01. The second-order valence-corrected chi connectivity index (χ2v) is 10.6. The van der Waals surface area contributed by atoms with E-state index in [0.717, 1.165) is 38.0 Å². The molecule has 180 valence electrons. The van der Waals surface area contributed by atoms with Crippen LogP contribution in [-0.4, -0.2) is 19.0 Å². The van der Waals surface area contributed by atoms with Crippen molar-refractivity contribution in [3.8, 4) is 6.07 Å². The standard InChI is InChI=1S/C28H51NO2/c1-3-5-7-9-11-13-25-14-16-26(17-15-25)30-24-31-27-18-21-28(23-29,22-19-27)20-12-10-8-6-4-2/h25-27H,3-22,24H2,1-2H3/t25-,26-,27-,28-. The smallest absolute Gasteiger partial charge is 0.147 e. The Hall–Kier alpha value is -0.590. The lowest BCUT2D eigenvalue weighted by atomic mass is 9.71. The molecule has 2 saturated carbocycles. The molecule has 3 heteroatoms. The molecule has 0 aromatic carbocycles. The largest absolute Gasteiger partial charge is 0.352 e. The van der Waals surface area contributed by atoms with Gasteiger partial charge in [0.15, 0.2) is 0 Å². The minimum absolute atomic E-state index is 0.0815. The summed E-state index contributed by atoms with van der Waals surface area (Å²) in [7, 11) is 0. The van der Waals surface area contributed by atoms with Crippen molar-refractivity contribution in [1.82, 2.24) is 0 Å². The van der Waals surface area contributed by atoms with E-state index in [0.29, 0.717) is 19.0 Å². The molecule has 0 spiro atoms. The summed E-state index contributed by atoms with van der Waals surface area (Å²) in [4.78, 5) is 0. The zero-order valence-corrected chi connectivity index (χ0v) is 20.8. The second-order valence-electron chi connectivity index (χ2n) is 10.6. The monoisotopic (exact) mass is 433 g/mol. The van der Waals surface area contributed by atoms with Crippen molar-refractivity contribution in [2.75, 3.05) is 6.79 Å². The highest BCUT2D eigenvalue weighted by atomic mass is 16.7. The predicted molar refractivity (Wildman–Crippen MR) is 130 cm³/mol. The fourth-order valence-corrected chi connectivity index (χ4v) is 5.65. The van der Waals surface area contributed by atoms with Crippen molar-refractivity contribution in [2.45, 2.75) is 154 Å². The first-order valence-electron chi connectivity index (χ1n) is 13.9. The molecule has 0 amide bonds. The van der Waals surface area contributed by atoms with Crippen molar-refractivity contribution >= 4 is 0 Å². The second kappa shape index (κ2) is 16.1. The third-order valence-electron chi connectivity index (χ3n) is 8.00. The normalized spacial score (nSPS) is 29.0. The molecule has 0 N–H and O–H groups in total. The number of rotatable bonds is 16. The quantitative estimate of drug-likeness (QED) is 0.180. The van der Waals surface area contributed by atoms with Crippen molar-refractivity contribution in [2.24, 2.45) is 11.3 Å². The maximum Gasteiger partial charge on any atom is 0.147 e. The summed E-state index contributed by atoms with van der Waals surface area (Å²) in [6.45, 7) is 4.99. The number of unbranched alkanes of at least 4 members (excludes halogenated alkanes) is 8. The maximum absolute atomic E-state index is 9.77. The molecular formula is C28H51NO2. The van der Waals surface area contributed by atoms with Crippen molar-refractivity contribution in [1.29, 1.82) is 5.26 Å². The van der Waals surface area contributed by atoms with Crippen LogP contribution in [0.2, 0.25) is 0 Å². The van der Waals surface area contributed by atoms with Gasteiger partial charge in [0.25, 0.3) is 0 Å². The Labute approximate surface area is 193 Å². The summed E-state index contributed by atoms with van der Waals surface area (Å²) < 4.78 is 12.2. The lowest BCUT2D eigenvalue weighted by Crippen LogP contribution is -2.31. The molecule has 3 nitrogen and oxygen atoms in total. The molecule has 0 bridgehead atoms. The van der Waals surface area contributed by atoms with Gasteiger partial charge in [0, 0.05) is 0 Å². The van der Waals surface area contributed by atoms with E-state index in [9.17, 15) is 5.26 Å². The molecule has 0 aliphatic heterocycles. The summed E-state index contributed by atoms with van der Waals surface area (Å²) >= 11 is 0. The lowest BCUT2D eigenvalue weighted by molar-refractivity contribution is -0.137. The van der Waals surface area contributed by atoms with Crippen LogP contribution >= 0.6 is 0 Å². The molecule has 0 saturated heterocycles. The molecule has 31 heavy (non-hydrogen) atoms. The van der Waals surface area contributed by atoms with Crippen LogP contribution in [0.5, 0.6) is 0 Å². The molecule has 0 heterocycles. The van der Waals surface area contributed by atoms with E-state index >= 15 is 0 Å². The lowest BCUT2D eigenvalue weighted by Gasteiger charge is -2.35. The van der Waals surface area contributed by atoms with E-state index in [1.165, 1.54) is 96.3 Å². The number of ether oxygens (including phenoxy) is 2. The topological polar surface area (TPSA) is 42.2 Å². The number of hydrogen-bond donors (Lipinski definition) is 0. The molecule has 0 atom stereocenters. The van der Waals surface area contributed by atoms with Crippen LogP contribution in [0.4, 0.5) is 0 Å². The van der Waals surface area contributed by atoms with Gasteiger partial charge in [0.1, 0.15) is 6.79 Å². The first-order valence-corrected chi connectivity index (χ1v) is 13.9. The number of nitrogens with zero attached hydrogens (tertiary/aromatic N) is 1. The third kappa shape index (κ3) is 10.7. The fourth-order valence-electron chi connectivity index (χ4n) is 5.65. The molecule has 0 aromatic heterocycles. The van der Waals surface area contributed by atoms with E-state index in [1.807, 2.05) is 0 Å². The maximum atomic E-state index is 9.77. The highest BCUT2D eigenvalue weighted by Crippen LogP contribution is 2.41. The molecule has 2 rings (SSSR count). The van der Waals surface area contributed by atoms with Crippen LogP contribution in [0.15, 0.2) is 0 Å². The average molecular weight is 434 g/mol. The van der Waals surface area contributed by atoms with Crippen LogP contribution in [0, 0.1) is 22.7 Å². The van der Waals surface area contributed by atoms with Gasteiger partial charge in [-0.1, -0.05) is 84.5 Å². The van der Waals surface area contributed by atoms with E-state index in [2.05, 4.69) is 19.9 Å². The predicted octanol–water partition coefficient (Wildman–Crippen LogP) is 8.71. The highest BCUT2D eigenvalue weighted by Gasteiger charge is 2.35. The van der Waals surface area contributed by atoms with Crippen LogP contribution in [-0.2, 0) is 9.47 Å². The zero-order valence-electron chi connectivity index (χ0n) is 20.8. The minimum Gasteiger partial charge on any atom is -0.352 e. The fraction of sp³-hybridized carbons (Fsp3) is 0.964. The summed E-state index contributed by atoms with van der Waals surface area (Å²) in [6.07, 6.45) is 25.8. The summed E-state index contributed by atoms with van der Waals surface area (Å²) in [5.41, 5.74) is -0.0815. The summed E-state index contributed by atoms with van der Waals surface area (Å²) in [5.74, 6) is 0.932. The Kier molecular flexibility index (Phi) is 13.8. The molecule has 0 radical (unpaired) electrons. The van der Waals surface area contributed by atoms with E-state index in [4.69, 9.17) is 9.47 Å². The Morgan fingerprint density at radius 1 is 0.710 bits per heavy atom. The molecule has 0 aromatic rings. The Balaban J connectivity index is 1.51. The van der Waals surface area contributed by atoms with Crippen LogP contribution < -0.4 is 0 Å². The van der Waals surface area contributed by atoms with Crippen LogP contribution in [0.25, 0.3) is 0 Å². The van der Waals surface area contributed by atoms with Gasteiger partial charge in [-0.05, 0) is 63.7 Å².